The molecule has 0 saturated carbocycles. The van der Waals surface area contributed by atoms with Crippen LogP contribution in [0.2, 0.25) is 0 Å². The van der Waals surface area contributed by atoms with Crippen LogP contribution in [0.25, 0.3) is 0 Å². The number of nitrogens with one attached hydrogen (secondary N) is 1. The minimum absolute atomic E-state index is 0.150. The topological polar surface area (TPSA) is 40.4 Å². The molecule has 2 unspecified atom stereocenters. The van der Waals surface area contributed by atoms with E-state index >= 15 is 0 Å². The molecule has 10 heavy (non-hydrogen) atoms. The van der Waals surface area contributed by atoms with Crippen LogP contribution in [0.5, 0.6) is 0 Å². The molecular formula is C7H15NO2. The predicted octanol–water partition coefficient (Wildman–Crippen LogP) is 0.705. The van der Waals surface area contributed by atoms with Gasteiger partial charge in [0.1, 0.15) is 12.5 Å². The zero-order valence-electron chi connectivity index (χ0n) is 6.59. The number of unbranched alkanes of at least 4 members (excludes halogenated alkanes) is 1. The molecule has 0 aromatic rings. The molecule has 1 heterocycles. The van der Waals surface area contributed by atoms with E-state index < -0.39 is 0 Å². The molecule has 60 valence electrons. The molecule has 1 aliphatic rings. The second-order valence-corrected chi connectivity index (χ2v) is 2.47. The van der Waals surface area contributed by atoms with Crippen molar-refractivity contribution in [2.75, 3.05) is 13.7 Å². The molecule has 0 spiro atoms. The van der Waals surface area contributed by atoms with E-state index in [4.69, 9.17) is 9.47 Å². The highest BCUT2D eigenvalue weighted by atomic mass is 16.6. The Balaban J connectivity index is 1.87. The highest BCUT2D eigenvalue weighted by Crippen LogP contribution is 2.12. The Morgan fingerprint density at radius 2 is 2.20 bits per heavy atom. The summed E-state index contributed by atoms with van der Waals surface area (Å²) in [4.78, 5) is 0. The molecule has 1 rings (SSSR count). The van der Waals surface area contributed by atoms with Gasteiger partial charge in [0.15, 0.2) is 0 Å². The number of methoxy groups -OCH3 is 1. The van der Waals surface area contributed by atoms with Crippen molar-refractivity contribution in [1.29, 1.82) is 0 Å². The van der Waals surface area contributed by atoms with Crippen LogP contribution in [0.1, 0.15) is 19.8 Å². The summed E-state index contributed by atoms with van der Waals surface area (Å²) in [6.45, 7) is 2.99. The first kappa shape index (κ1) is 7.98. The monoisotopic (exact) mass is 145 g/mol. The van der Waals surface area contributed by atoms with Gasteiger partial charge in [0.25, 0.3) is 0 Å². The highest BCUT2D eigenvalue weighted by molar-refractivity contribution is 4.81. The van der Waals surface area contributed by atoms with Crippen LogP contribution in [-0.4, -0.2) is 26.2 Å². The first-order chi connectivity index (χ1) is 4.88. The Morgan fingerprint density at radius 1 is 1.40 bits per heavy atom. The van der Waals surface area contributed by atoms with Gasteiger partial charge in [-0.3, -0.25) is 5.32 Å². The standard InChI is InChI=1S/C7H15NO2/c1-3-4-5-10-7-6(8-7)9-2/h6-8H,3-5H2,1-2H3. The van der Waals surface area contributed by atoms with Gasteiger partial charge < -0.3 is 9.47 Å². The van der Waals surface area contributed by atoms with E-state index in [0.29, 0.717) is 0 Å². The Bertz CT molecular complexity index is 97.6. The third-order valence-corrected chi connectivity index (χ3v) is 1.54. The van der Waals surface area contributed by atoms with Crippen LogP contribution in [0.4, 0.5) is 0 Å². The molecule has 0 aromatic carbocycles. The van der Waals surface area contributed by atoms with E-state index in [2.05, 4.69) is 12.2 Å². The molecule has 2 atom stereocenters. The Morgan fingerprint density at radius 3 is 2.70 bits per heavy atom. The van der Waals surface area contributed by atoms with E-state index in [1.54, 1.807) is 7.11 Å². The fourth-order valence-corrected chi connectivity index (χ4v) is 0.788. The van der Waals surface area contributed by atoms with Crippen molar-refractivity contribution in [3.63, 3.8) is 0 Å². The Hall–Kier alpha value is -0.120. The molecule has 0 aromatic heterocycles. The van der Waals surface area contributed by atoms with Crippen molar-refractivity contribution in [1.82, 2.24) is 5.32 Å². The summed E-state index contributed by atoms with van der Waals surface area (Å²) in [5, 5.41) is 3.03. The molecule has 0 aliphatic carbocycles. The summed E-state index contributed by atoms with van der Waals surface area (Å²) in [5.41, 5.74) is 0. The fourth-order valence-electron chi connectivity index (χ4n) is 0.788. The Labute approximate surface area is 61.7 Å². The van der Waals surface area contributed by atoms with Crippen LogP contribution in [-0.2, 0) is 9.47 Å². The molecule has 3 heteroatoms. The Kier molecular flexibility index (Phi) is 3.12. The largest absolute Gasteiger partial charge is 0.362 e. The summed E-state index contributed by atoms with van der Waals surface area (Å²) >= 11 is 0. The van der Waals surface area contributed by atoms with Crippen LogP contribution in [0, 0.1) is 0 Å². The van der Waals surface area contributed by atoms with Gasteiger partial charge in [-0.15, -0.1) is 0 Å². The summed E-state index contributed by atoms with van der Waals surface area (Å²) in [7, 11) is 1.68. The summed E-state index contributed by atoms with van der Waals surface area (Å²) in [5.74, 6) is 0. The number of hydrogen-bond donors (Lipinski definition) is 1. The first-order valence-electron chi connectivity index (χ1n) is 3.79. The van der Waals surface area contributed by atoms with Crippen molar-refractivity contribution in [3.05, 3.63) is 0 Å². The molecular weight excluding hydrogens is 130 g/mol. The lowest BCUT2D eigenvalue weighted by atomic mass is 10.4. The number of hydrogen-bond acceptors (Lipinski definition) is 3. The third kappa shape index (κ3) is 2.25. The fraction of sp³-hybridized carbons (Fsp3) is 1.00. The maximum Gasteiger partial charge on any atom is 0.150 e. The summed E-state index contributed by atoms with van der Waals surface area (Å²) in [6, 6.07) is 0. The van der Waals surface area contributed by atoms with Crippen LogP contribution >= 0.6 is 0 Å². The quantitative estimate of drug-likeness (QED) is 0.457. The zero-order valence-corrected chi connectivity index (χ0v) is 6.59. The predicted molar refractivity (Wildman–Crippen MR) is 38.6 cm³/mol. The van der Waals surface area contributed by atoms with E-state index in [9.17, 15) is 0 Å². The number of ether oxygens (including phenoxy) is 2. The lowest BCUT2D eigenvalue weighted by molar-refractivity contribution is 0.0629. The molecule has 1 saturated heterocycles. The van der Waals surface area contributed by atoms with Crippen molar-refractivity contribution < 1.29 is 9.47 Å². The molecule has 1 aliphatic heterocycles. The second-order valence-electron chi connectivity index (χ2n) is 2.47. The summed E-state index contributed by atoms with van der Waals surface area (Å²) in [6.07, 6.45) is 2.63. The lowest BCUT2D eigenvalue weighted by Crippen LogP contribution is -2.02. The molecule has 0 amide bonds. The lowest BCUT2D eigenvalue weighted by Gasteiger charge is -1.97. The number of rotatable bonds is 5. The second kappa shape index (κ2) is 3.91. The molecule has 1 N–H and O–H groups in total. The maximum absolute atomic E-state index is 5.36. The summed E-state index contributed by atoms with van der Waals surface area (Å²) < 4.78 is 10.3. The van der Waals surface area contributed by atoms with Crippen LogP contribution in [0.3, 0.4) is 0 Å². The van der Waals surface area contributed by atoms with Crippen molar-refractivity contribution in [3.8, 4) is 0 Å². The van der Waals surface area contributed by atoms with E-state index in [-0.39, 0.29) is 12.5 Å². The van der Waals surface area contributed by atoms with Crippen molar-refractivity contribution >= 4 is 0 Å². The maximum atomic E-state index is 5.36. The minimum atomic E-state index is 0.150. The van der Waals surface area contributed by atoms with Gasteiger partial charge in [0, 0.05) is 13.7 Å². The van der Waals surface area contributed by atoms with Crippen LogP contribution in [0.15, 0.2) is 0 Å². The van der Waals surface area contributed by atoms with Gasteiger partial charge >= 0.3 is 0 Å². The molecule has 1 fully saturated rings. The normalized spacial score (nSPS) is 30.6. The minimum Gasteiger partial charge on any atom is -0.362 e. The highest BCUT2D eigenvalue weighted by Gasteiger charge is 2.36. The van der Waals surface area contributed by atoms with E-state index in [1.165, 1.54) is 6.42 Å². The zero-order chi connectivity index (χ0) is 7.40. The molecule has 0 radical (unpaired) electrons. The smallest absolute Gasteiger partial charge is 0.150 e. The average molecular weight is 145 g/mol. The van der Waals surface area contributed by atoms with Gasteiger partial charge in [-0.25, -0.2) is 0 Å². The molecule has 3 nitrogen and oxygen atoms in total. The third-order valence-electron chi connectivity index (χ3n) is 1.54. The van der Waals surface area contributed by atoms with Crippen molar-refractivity contribution in [2.24, 2.45) is 0 Å². The van der Waals surface area contributed by atoms with E-state index in [0.717, 1.165) is 13.0 Å². The molecule has 0 bridgehead atoms. The van der Waals surface area contributed by atoms with Crippen LogP contribution < -0.4 is 5.32 Å². The van der Waals surface area contributed by atoms with Gasteiger partial charge in [0.2, 0.25) is 0 Å². The average Bonchev–Trinajstić information content (AvgIpc) is 2.68. The van der Waals surface area contributed by atoms with Gasteiger partial charge in [-0.2, -0.15) is 0 Å². The van der Waals surface area contributed by atoms with Gasteiger partial charge in [0.05, 0.1) is 0 Å². The van der Waals surface area contributed by atoms with E-state index in [1.807, 2.05) is 0 Å². The van der Waals surface area contributed by atoms with Crippen molar-refractivity contribution in [2.45, 2.75) is 32.2 Å². The van der Waals surface area contributed by atoms with Gasteiger partial charge in [-0.1, -0.05) is 13.3 Å². The SMILES string of the molecule is CCCCOC1NC1OC. The van der Waals surface area contributed by atoms with Gasteiger partial charge in [-0.05, 0) is 6.42 Å². The first-order valence-corrected chi connectivity index (χ1v) is 3.79.